The third kappa shape index (κ3) is 6.37. The van der Waals surface area contributed by atoms with Crippen LogP contribution in [0, 0.1) is 5.82 Å². The van der Waals surface area contributed by atoms with Crippen molar-refractivity contribution in [1.29, 1.82) is 0 Å². The van der Waals surface area contributed by atoms with Gasteiger partial charge in [0.15, 0.2) is 0 Å². The molecule has 0 radical (unpaired) electrons. The summed E-state index contributed by atoms with van der Waals surface area (Å²) in [6.45, 7) is 5.12. The van der Waals surface area contributed by atoms with Crippen molar-refractivity contribution in [3.63, 3.8) is 0 Å². The minimum atomic E-state index is -0.817. The predicted molar refractivity (Wildman–Crippen MR) is 107 cm³/mol. The third-order valence-electron chi connectivity index (χ3n) is 5.22. The maximum atomic E-state index is 13.8. The van der Waals surface area contributed by atoms with Gasteiger partial charge in [0.25, 0.3) is 0 Å². The monoisotopic (exact) mass is 394 g/mol. The Morgan fingerprint density at radius 1 is 1.29 bits per heavy atom. The minimum absolute atomic E-state index is 0.0445. The number of likely N-dealkylation sites (N-methyl/N-ethyl adjacent to an activating group) is 1. The van der Waals surface area contributed by atoms with E-state index in [-0.39, 0.29) is 24.4 Å². The lowest BCUT2D eigenvalue weighted by atomic mass is 10.0. The SMILES string of the molecule is CCN(CC(=O)O)C1CCN(C(=O)NCCCN(C)c2ccccc2F)CC1. The van der Waals surface area contributed by atoms with Gasteiger partial charge in [-0.2, -0.15) is 0 Å². The Bertz CT molecular complexity index is 650. The van der Waals surface area contributed by atoms with Crippen LogP contribution in [0.2, 0.25) is 0 Å². The number of amides is 2. The van der Waals surface area contributed by atoms with E-state index in [1.54, 1.807) is 23.1 Å². The number of hydrogen-bond acceptors (Lipinski definition) is 4. The number of halogens is 1. The zero-order valence-corrected chi connectivity index (χ0v) is 16.7. The molecule has 8 heteroatoms. The molecule has 2 amide bonds. The molecule has 1 fully saturated rings. The van der Waals surface area contributed by atoms with Crippen LogP contribution in [-0.4, -0.2) is 79.3 Å². The molecule has 2 rings (SSSR count). The van der Waals surface area contributed by atoms with Gasteiger partial charge in [-0.25, -0.2) is 9.18 Å². The lowest BCUT2D eigenvalue weighted by Gasteiger charge is -2.37. The third-order valence-corrected chi connectivity index (χ3v) is 5.22. The Balaban J connectivity index is 1.67. The quantitative estimate of drug-likeness (QED) is 0.628. The van der Waals surface area contributed by atoms with Crippen molar-refractivity contribution in [2.75, 3.05) is 51.2 Å². The zero-order chi connectivity index (χ0) is 20.5. The average molecular weight is 394 g/mol. The number of likely N-dealkylation sites (tertiary alicyclic amines) is 1. The lowest BCUT2D eigenvalue weighted by Crippen LogP contribution is -2.50. The first-order chi connectivity index (χ1) is 13.4. The standard InChI is InChI=1S/C20H31FN4O3/c1-3-24(15-19(26)27)16-9-13-25(14-10-16)20(28)22-11-6-12-23(2)18-8-5-4-7-17(18)21/h4-5,7-8,16H,3,6,9-15H2,1-2H3,(H,22,28)(H,26,27). The molecule has 0 unspecified atom stereocenters. The van der Waals surface area contributed by atoms with Crippen molar-refractivity contribution in [1.82, 2.24) is 15.1 Å². The first-order valence-electron chi connectivity index (χ1n) is 9.86. The number of carboxylic acids is 1. The fourth-order valence-electron chi connectivity index (χ4n) is 3.61. The highest BCUT2D eigenvalue weighted by Crippen LogP contribution is 2.18. The van der Waals surface area contributed by atoms with Gasteiger partial charge in [-0.05, 0) is 37.9 Å². The molecule has 0 aliphatic carbocycles. The Morgan fingerprint density at radius 2 is 1.96 bits per heavy atom. The lowest BCUT2D eigenvalue weighted by molar-refractivity contribution is -0.139. The molecule has 0 saturated carbocycles. The molecule has 1 aliphatic heterocycles. The highest BCUT2D eigenvalue weighted by Gasteiger charge is 2.27. The van der Waals surface area contributed by atoms with Crippen LogP contribution >= 0.6 is 0 Å². The topological polar surface area (TPSA) is 76.1 Å². The number of anilines is 1. The predicted octanol–water partition coefficient (Wildman–Crippen LogP) is 2.23. The number of benzene rings is 1. The van der Waals surface area contributed by atoms with E-state index in [1.165, 1.54) is 6.07 Å². The summed E-state index contributed by atoms with van der Waals surface area (Å²) in [7, 11) is 1.83. The number of rotatable bonds is 9. The van der Waals surface area contributed by atoms with Gasteiger partial charge < -0.3 is 20.2 Å². The average Bonchev–Trinajstić information content (AvgIpc) is 2.69. The molecule has 2 N–H and O–H groups in total. The first-order valence-corrected chi connectivity index (χ1v) is 9.86. The van der Waals surface area contributed by atoms with Crippen LogP contribution in [0.3, 0.4) is 0 Å². The van der Waals surface area contributed by atoms with Gasteiger partial charge in [0.05, 0.1) is 12.2 Å². The summed E-state index contributed by atoms with van der Waals surface area (Å²) in [5.74, 6) is -1.07. The van der Waals surface area contributed by atoms with E-state index in [1.807, 2.05) is 23.8 Å². The number of hydrogen-bond donors (Lipinski definition) is 2. The van der Waals surface area contributed by atoms with Gasteiger partial charge in [0.1, 0.15) is 5.82 Å². The molecule has 0 aromatic heterocycles. The maximum absolute atomic E-state index is 13.8. The first kappa shape index (κ1) is 21.9. The smallest absolute Gasteiger partial charge is 0.317 e. The fraction of sp³-hybridized carbons (Fsp3) is 0.600. The second kappa shape index (κ2) is 10.8. The summed E-state index contributed by atoms with van der Waals surface area (Å²) < 4.78 is 13.8. The van der Waals surface area contributed by atoms with E-state index in [4.69, 9.17) is 5.11 Å². The van der Waals surface area contributed by atoms with E-state index in [0.717, 1.165) is 19.3 Å². The maximum Gasteiger partial charge on any atom is 0.317 e. The summed E-state index contributed by atoms with van der Waals surface area (Å²) >= 11 is 0. The number of aliphatic carboxylic acids is 1. The zero-order valence-electron chi connectivity index (χ0n) is 16.7. The molecule has 7 nitrogen and oxygen atoms in total. The summed E-state index contributed by atoms with van der Waals surface area (Å²) in [5.41, 5.74) is 0.553. The number of nitrogens with zero attached hydrogens (tertiary/aromatic N) is 3. The van der Waals surface area contributed by atoms with E-state index >= 15 is 0 Å². The van der Waals surface area contributed by atoms with Crippen molar-refractivity contribution >= 4 is 17.7 Å². The molecule has 1 aromatic carbocycles. The van der Waals surface area contributed by atoms with Crippen LogP contribution in [0.15, 0.2) is 24.3 Å². The fourth-order valence-corrected chi connectivity index (χ4v) is 3.61. The molecular formula is C20H31FN4O3. The van der Waals surface area contributed by atoms with Crippen LogP contribution in [-0.2, 0) is 4.79 Å². The molecule has 0 atom stereocenters. The van der Waals surface area contributed by atoms with Crippen LogP contribution in [0.1, 0.15) is 26.2 Å². The van der Waals surface area contributed by atoms with Crippen LogP contribution in [0.25, 0.3) is 0 Å². The number of piperidine rings is 1. The van der Waals surface area contributed by atoms with Gasteiger partial charge in [0, 0.05) is 39.3 Å². The summed E-state index contributed by atoms with van der Waals surface area (Å²) in [5, 5.41) is 11.9. The number of urea groups is 1. The molecule has 1 aliphatic rings. The summed E-state index contributed by atoms with van der Waals surface area (Å²) in [6.07, 6.45) is 2.28. The second-order valence-electron chi connectivity index (χ2n) is 7.13. The van der Waals surface area contributed by atoms with E-state index in [2.05, 4.69) is 5.32 Å². The Labute approximate surface area is 166 Å². The van der Waals surface area contributed by atoms with Gasteiger partial charge >= 0.3 is 12.0 Å². The van der Waals surface area contributed by atoms with Gasteiger partial charge in [-0.3, -0.25) is 9.69 Å². The van der Waals surface area contributed by atoms with Crippen LogP contribution in [0.4, 0.5) is 14.9 Å². The van der Waals surface area contributed by atoms with Crippen LogP contribution < -0.4 is 10.2 Å². The van der Waals surface area contributed by atoms with Gasteiger partial charge in [-0.1, -0.05) is 19.1 Å². The molecular weight excluding hydrogens is 363 g/mol. The Hall–Kier alpha value is -2.35. The van der Waals surface area contributed by atoms with Crippen molar-refractivity contribution in [2.45, 2.75) is 32.2 Å². The molecule has 0 bridgehead atoms. The van der Waals surface area contributed by atoms with Crippen molar-refractivity contribution < 1.29 is 19.1 Å². The number of carbonyl (C=O) groups excluding carboxylic acids is 1. The minimum Gasteiger partial charge on any atom is -0.480 e. The molecule has 1 saturated heterocycles. The molecule has 0 spiro atoms. The summed E-state index contributed by atoms with van der Waals surface area (Å²) in [6, 6.07) is 6.76. The summed E-state index contributed by atoms with van der Waals surface area (Å²) in [4.78, 5) is 28.9. The van der Waals surface area contributed by atoms with Crippen LogP contribution in [0.5, 0.6) is 0 Å². The highest BCUT2D eigenvalue weighted by molar-refractivity contribution is 5.74. The van der Waals surface area contributed by atoms with Crippen molar-refractivity contribution in [3.8, 4) is 0 Å². The van der Waals surface area contributed by atoms with Gasteiger partial charge in [0.2, 0.25) is 0 Å². The molecule has 1 aromatic rings. The number of carboxylic acid groups (broad SMARTS) is 1. The van der Waals surface area contributed by atoms with E-state index in [0.29, 0.717) is 38.4 Å². The van der Waals surface area contributed by atoms with E-state index < -0.39 is 5.97 Å². The second-order valence-corrected chi connectivity index (χ2v) is 7.13. The largest absolute Gasteiger partial charge is 0.480 e. The van der Waals surface area contributed by atoms with Crippen molar-refractivity contribution in [3.05, 3.63) is 30.1 Å². The number of para-hydroxylation sites is 1. The van der Waals surface area contributed by atoms with Crippen molar-refractivity contribution in [2.24, 2.45) is 0 Å². The normalized spacial score (nSPS) is 14.9. The number of nitrogens with one attached hydrogen (secondary N) is 1. The number of carbonyl (C=O) groups is 2. The van der Waals surface area contributed by atoms with E-state index in [9.17, 15) is 14.0 Å². The Morgan fingerprint density at radius 3 is 2.57 bits per heavy atom. The molecule has 156 valence electrons. The van der Waals surface area contributed by atoms with Gasteiger partial charge in [-0.15, -0.1) is 0 Å². The molecule has 1 heterocycles. The molecule has 28 heavy (non-hydrogen) atoms. The Kier molecular flexibility index (Phi) is 8.50. The highest BCUT2D eigenvalue weighted by atomic mass is 19.1.